The van der Waals surface area contributed by atoms with Crippen molar-refractivity contribution in [1.29, 1.82) is 0 Å². The van der Waals surface area contributed by atoms with Crippen LogP contribution in [0.1, 0.15) is 36.2 Å². The Kier molecular flexibility index (Phi) is 5.26. The molecule has 2 aromatic carbocycles. The van der Waals surface area contributed by atoms with Crippen LogP contribution >= 0.6 is 0 Å². The van der Waals surface area contributed by atoms with Crippen molar-refractivity contribution in [3.05, 3.63) is 65.7 Å². The van der Waals surface area contributed by atoms with E-state index < -0.39 is 17.5 Å². The zero-order chi connectivity index (χ0) is 20.3. The van der Waals surface area contributed by atoms with Gasteiger partial charge >= 0.3 is 6.03 Å². The second-order valence-corrected chi connectivity index (χ2v) is 6.63. The monoisotopic (exact) mass is 379 g/mol. The molecular formula is C21H21N3O4. The third-order valence-corrected chi connectivity index (χ3v) is 4.80. The van der Waals surface area contributed by atoms with Crippen molar-refractivity contribution in [2.24, 2.45) is 0 Å². The number of hydrogen-bond acceptors (Lipinski definition) is 4. The molecule has 0 aromatic heterocycles. The normalized spacial score (nSPS) is 18.7. The number of benzene rings is 2. The van der Waals surface area contributed by atoms with E-state index in [4.69, 9.17) is 0 Å². The number of anilines is 1. The minimum atomic E-state index is -1.16. The number of carbonyl (C=O) groups is 4. The number of imide groups is 1. The van der Waals surface area contributed by atoms with Gasteiger partial charge in [-0.2, -0.15) is 0 Å². The number of carbonyl (C=O) groups excluding carboxylic acids is 4. The fourth-order valence-corrected chi connectivity index (χ4v) is 3.31. The predicted molar refractivity (Wildman–Crippen MR) is 104 cm³/mol. The molecule has 1 aliphatic heterocycles. The van der Waals surface area contributed by atoms with Gasteiger partial charge in [0.05, 0.1) is 6.54 Å². The van der Waals surface area contributed by atoms with Gasteiger partial charge in [-0.3, -0.25) is 19.3 Å². The number of amides is 4. The molecule has 28 heavy (non-hydrogen) atoms. The summed E-state index contributed by atoms with van der Waals surface area (Å²) in [6.07, 6.45) is 0.373. The summed E-state index contributed by atoms with van der Waals surface area (Å²) in [7, 11) is 0. The van der Waals surface area contributed by atoms with Crippen LogP contribution in [0.15, 0.2) is 54.6 Å². The molecule has 0 radical (unpaired) electrons. The molecule has 7 nitrogen and oxygen atoms in total. The summed E-state index contributed by atoms with van der Waals surface area (Å²) in [4.78, 5) is 50.2. The van der Waals surface area contributed by atoms with Gasteiger partial charge in [0.15, 0.2) is 5.78 Å². The number of urea groups is 1. The van der Waals surface area contributed by atoms with Gasteiger partial charge in [-0.15, -0.1) is 0 Å². The van der Waals surface area contributed by atoms with Crippen molar-refractivity contribution in [3.63, 3.8) is 0 Å². The smallest absolute Gasteiger partial charge is 0.325 e. The van der Waals surface area contributed by atoms with Gasteiger partial charge in [0.25, 0.3) is 5.91 Å². The molecule has 0 saturated carbocycles. The Hall–Kier alpha value is -3.48. The molecule has 1 heterocycles. The number of hydrogen-bond donors (Lipinski definition) is 2. The standard InChI is InChI=1S/C21H21N3O4/c1-3-21(16-7-5-4-6-8-16)19(27)24(20(28)23-21)13-18(26)15-9-11-17(12-10-15)22-14(2)25/h4-12H,3,13H2,1-2H3,(H,22,25)(H,23,28)/t21-/m1/s1. The van der Waals surface area contributed by atoms with E-state index in [2.05, 4.69) is 10.6 Å². The lowest BCUT2D eigenvalue weighted by Gasteiger charge is -2.25. The molecule has 3 rings (SSSR count). The summed E-state index contributed by atoms with van der Waals surface area (Å²) < 4.78 is 0. The molecule has 7 heteroatoms. The Morgan fingerprint density at radius 2 is 1.68 bits per heavy atom. The minimum absolute atomic E-state index is 0.213. The topological polar surface area (TPSA) is 95.6 Å². The lowest BCUT2D eigenvalue weighted by molar-refractivity contribution is -0.131. The van der Waals surface area contributed by atoms with E-state index in [1.165, 1.54) is 6.92 Å². The van der Waals surface area contributed by atoms with E-state index in [1.54, 1.807) is 48.5 Å². The van der Waals surface area contributed by atoms with Crippen LogP contribution in [-0.4, -0.2) is 35.1 Å². The Labute approximate surface area is 162 Å². The molecule has 1 saturated heterocycles. The summed E-state index contributed by atoms with van der Waals surface area (Å²) in [5.41, 5.74) is 0.440. The summed E-state index contributed by atoms with van der Waals surface area (Å²) in [6.45, 7) is 2.86. The van der Waals surface area contributed by atoms with E-state index in [9.17, 15) is 19.2 Å². The molecular weight excluding hydrogens is 358 g/mol. The van der Waals surface area contributed by atoms with Crippen molar-refractivity contribution < 1.29 is 19.2 Å². The van der Waals surface area contributed by atoms with Gasteiger partial charge in [-0.05, 0) is 36.2 Å². The lowest BCUT2D eigenvalue weighted by Crippen LogP contribution is -2.43. The maximum atomic E-state index is 13.1. The van der Waals surface area contributed by atoms with Crippen molar-refractivity contribution in [2.45, 2.75) is 25.8 Å². The highest BCUT2D eigenvalue weighted by molar-refractivity contribution is 6.11. The second-order valence-electron chi connectivity index (χ2n) is 6.63. The maximum absolute atomic E-state index is 13.1. The molecule has 1 fully saturated rings. The Bertz CT molecular complexity index is 924. The minimum Gasteiger partial charge on any atom is -0.326 e. The van der Waals surface area contributed by atoms with Gasteiger partial charge < -0.3 is 10.6 Å². The first-order valence-electron chi connectivity index (χ1n) is 8.98. The van der Waals surface area contributed by atoms with Crippen LogP contribution < -0.4 is 10.6 Å². The van der Waals surface area contributed by atoms with E-state index >= 15 is 0 Å². The fraction of sp³-hybridized carbons (Fsp3) is 0.238. The molecule has 0 unspecified atom stereocenters. The zero-order valence-electron chi connectivity index (χ0n) is 15.7. The van der Waals surface area contributed by atoms with E-state index in [1.807, 2.05) is 13.0 Å². The quantitative estimate of drug-likeness (QED) is 0.596. The molecule has 0 bridgehead atoms. The SMILES string of the molecule is CC[C@]1(c2ccccc2)NC(=O)N(CC(=O)c2ccc(NC(C)=O)cc2)C1=O. The zero-order valence-corrected chi connectivity index (χ0v) is 15.7. The number of nitrogens with one attached hydrogen (secondary N) is 2. The van der Waals surface area contributed by atoms with Crippen molar-refractivity contribution in [2.75, 3.05) is 11.9 Å². The molecule has 1 aliphatic rings. The predicted octanol–water partition coefficient (Wildman–Crippen LogP) is 2.69. The molecule has 144 valence electrons. The van der Waals surface area contributed by atoms with Gasteiger partial charge in [0.2, 0.25) is 5.91 Å². The van der Waals surface area contributed by atoms with Crippen LogP contribution in [-0.2, 0) is 15.1 Å². The van der Waals surface area contributed by atoms with E-state index in [0.29, 0.717) is 23.2 Å². The first-order chi connectivity index (χ1) is 13.4. The highest BCUT2D eigenvalue weighted by Gasteiger charge is 2.51. The average Bonchev–Trinajstić information content (AvgIpc) is 2.94. The van der Waals surface area contributed by atoms with Gasteiger partial charge in [-0.25, -0.2) is 4.79 Å². The number of nitrogens with zero attached hydrogens (tertiary/aromatic N) is 1. The van der Waals surface area contributed by atoms with Crippen LogP contribution in [0.3, 0.4) is 0 Å². The molecule has 4 amide bonds. The Balaban J connectivity index is 1.79. The average molecular weight is 379 g/mol. The highest BCUT2D eigenvalue weighted by atomic mass is 16.2. The highest BCUT2D eigenvalue weighted by Crippen LogP contribution is 2.32. The third-order valence-electron chi connectivity index (χ3n) is 4.80. The van der Waals surface area contributed by atoms with Gasteiger partial charge in [0, 0.05) is 18.2 Å². The van der Waals surface area contributed by atoms with Crippen molar-refractivity contribution >= 4 is 29.3 Å². The Morgan fingerprint density at radius 3 is 2.25 bits per heavy atom. The fourth-order valence-electron chi connectivity index (χ4n) is 3.31. The molecule has 2 N–H and O–H groups in total. The van der Waals surface area contributed by atoms with Crippen molar-refractivity contribution in [3.8, 4) is 0 Å². The van der Waals surface area contributed by atoms with Gasteiger partial charge in [0.1, 0.15) is 5.54 Å². The Morgan fingerprint density at radius 1 is 1.04 bits per heavy atom. The van der Waals surface area contributed by atoms with E-state index in [0.717, 1.165) is 4.90 Å². The van der Waals surface area contributed by atoms with E-state index in [-0.39, 0.29) is 18.2 Å². The first kappa shape index (κ1) is 19.3. The summed E-state index contributed by atoms with van der Waals surface area (Å²) in [5.74, 6) is -1.01. The summed E-state index contributed by atoms with van der Waals surface area (Å²) >= 11 is 0. The van der Waals surface area contributed by atoms with Crippen molar-refractivity contribution in [1.82, 2.24) is 10.2 Å². The van der Waals surface area contributed by atoms with Crippen LogP contribution in [0.2, 0.25) is 0 Å². The lowest BCUT2D eigenvalue weighted by atomic mass is 9.87. The summed E-state index contributed by atoms with van der Waals surface area (Å²) in [5, 5.41) is 5.37. The number of Topliss-reactive ketones (excluding diaryl/α,β-unsaturated/α-hetero) is 1. The second kappa shape index (κ2) is 7.64. The largest absolute Gasteiger partial charge is 0.326 e. The first-order valence-corrected chi connectivity index (χ1v) is 8.98. The maximum Gasteiger partial charge on any atom is 0.325 e. The third kappa shape index (κ3) is 3.51. The molecule has 2 aromatic rings. The van der Waals surface area contributed by atoms with Crippen LogP contribution in [0.5, 0.6) is 0 Å². The van der Waals surface area contributed by atoms with Crippen LogP contribution in [0.4, 0.5) is 10.5 Å². The van der Waals surface area contributed by atoms with Crippen LogP contribution in [0, 0.1) is 0 Å². The molecule has 1 atom stereocenters. The molecule has 0 aliphatic carbocycles. The van der Waals surface area contributed by atoms with Crippen LogP contribution in [0.25, 0.3) is 0 Å². The molecule has 0 spiro atoms. The number of rotatable bonds is 6. The number of ketones is 1. The van der Waals surface area contributed by atoms with Gasteiger partial charge in [-0.1, -0.05) is 37.3 Å². The summed E-state index contributed by atoms with van der Waals surface area (Å²) in [6, 6.07) is 14.7.